The molecule has 20 heavy (non-hydrogen) atoms. The Morgan fingerprint density at radius 2 is 2.25 bits per heavy atom. The van der Waals surface area contributed by atoms with Gasteiger partial charge in [-0.1, -0.05) is 24.8 Å². The fourth-order valence-corrected chi connectivity index (χ4v) is 2.50. The van der Waals surface area contributed by atoms with Crippen molar-refractivity contribution in [3.63, 3.8) is 0 Å². The second-order valence-corrected chi connectivity index (χ2v) is 5.14. The van der Waals surface area contributed by atoms with Gasteiger partial charge in [0.25, 0.3) is 5.91 Å². The van der Waals surface area contributed by atoms with Gasteiger partial charge in [-0.05, 0) is 37.3 Å². The predicted molar refractivity (Wildman–Crippen MR) is 77.8 cm³/mol. The van der Waals surface area contributed by atoms with Crippen LogP contribution in [0.15, 0.2) is 36.9 Å². The van der Waals surface area contributed by atoms with E-state index in [1.54, 1.807) is 18.2 Å². The minimum absolute atomic E-state index is 0.133. The first-order valence-electron chi connectivity index (χ1n) is 6.99. The van der Waals surface area contributed by atoms with Gasteiger partial charge in [-0.2, -0.15) is 0 Å². The van der Waals surface area contributed by atoms with E-state index in [2.05, 4.69) is 11.9 Å². The largest absolute Gasteiger partial charge is 0.489 e. The molecule has 0 saturated heterocycles. The third-order valence-electron chi connectivity index (χ3n) is 3.55. The number of ether oxygens (including phenoxy) is 1. The number of amides is 1. The van der Waals surface area contributed by atoms with Crippen molar-refractivity contribution < 1.29 is 14.6 Å². The highest BCUT2D eigenvalue weighted by Gasteiger charge is 2.23. The van der Waals surface area contributed by atoms with Crippen LogP contribution in [0.5, 0.6) is 5.75 Å². The Morgan fingerprint density at radius 3 is 2.95 bits per heavy atom. The highest BCUT2D eigenvalue weighted by Crippen LogP contribution is 2.25. The third kappa shape index (κ3) is 3.84. The van der Waals surface area contributed by atoms with Crippen LogP contribution in [0.1, 0.15) is 29.6 Å². The summed E-state index contributed by atoms with van der Waals surface area (Å²) in [6, 6.07) is 7.17. The van der Waals surface area contributed by atoms with Gasteiger partial charge in [-0.3, -0.25) is 4.79 Å². The molecule has 1 aliphatic carbocycles. The maximum atomic E-state index is 12.2. The van der Waals surface area contributed by atoms with E-state index >= 15 is 0 Å². The molecule has 0 aromatic heterocycles. The van der Waals surface area contributed by atoms with Crippen molar-refractivity contribution in [2.45, 2.75) is 25.4 Å². The summed E-state index contributed by atoms with van der Waals surface area (Å²) in [6.07, 6.45) is 4.01. The molecule has 4 heteroatoms. The molecule has 2 N–H and O–H groups in total. The van der Waals surface area contributed by atoms with Crippen LogP contribution in [0, 0.1) is 5.92 Å². The highest BCUT2D eigenvalue weighted by atomic mass is 16.5. The smallest absolute Gasteiger partial charge is 0.255 e. The van der Waals surface area contributed by atoms with Gasteiger partial charge in [0.05, 0.1) is 11.7 Å². The highest BCUT2D eigenvalue weighted by molar-refractivity contribution is 5.96. The van der Waals surface area contributed by atoms with Crippen LogP contribution in [0.3, 0.4) is 0 Å². The van der Waals surface area contributed by atoms with Crippen LogP contribution in [-0.2, 0) is 0 Å². The third-order valence-corrected chi connectivity index (χ3v) is 3.55. The molecule has 0 aliphatic heterocycles. The Bertz CT molecular complexity index is 473. The van der Waals surface area contributed by atoms with Crippen molar-refractivity contribution in [2.24, 2.45) is 5.92 Å². The lowest BCUT2D eigenvalue weighted by Gasteiger charge is -2.13. The Morgan fingerprint density at radius 1 is 1.45 bits per heavy atom. The van der Waals surface area contributed by atoms with Gasteiger partial charge in [0.15, 0.2) is 0 Å². The molecule has 108 valence electrons. The average Bonchev–Trinajstić information content (AvgIpc) is 2.88. The fraction of sp³-hybridized carbons (Fsp3) is 0.438. The van der Waals surface area contributed by atoms with Crippen molar-refractivity contribution in [2.75, 3.05) is 13.2 Å². The topological polar surface area (TPSA) is 58.6 Å². The molecule has 1 aromatic carbocycles. The molecule has 1 amide bonds. The zero-order valence-electron chi connectivity index (χ0n) is 11.5. The summed E-state index contributed by atoms with van der Waals surface area (Å²) < 4.78 is 5.48. The molecular weight excluding hydrogens is 254 g/mol. The normalized spacial score (nSPS) is 21.4. The second-order valence-electron chi connectivity index (χ2n) is 5.14. The number of rotatable bonds is 6. The van der Waals surface area contributed by atoms with Crippen LogP contribution in [0.2, 0.25) is 0 Å². The summed E-state index contributed by atoms with van der Waals surface area (Å²) in [5, 5.41) is 12.4. The summed E-state index contributed by atoms with van der Waals surface area (Å²) in [7, 11) is 0. The van der Waals surface area contributed by atoms with Crippen molar-refractivity contribution in [3.8, 4) is 5.75 Å². The van der Waals surface area contributed by atoms with E-state index < -0.39 is 0 Å². The van der Waals surface area contributed by atoms with Gasteiger partial charge in [0.2, 0.25) is 0 Å². The number of carbonyl (C=O) groups is 1. The summed E-state index contributed by atoms with van der Waals surface area (Å²) in [6.45, 7) is 4.57. The molecular formula is C16H21NO3. The number of para-hydroxylation sites is 1. The van der Waals surface area contributed by atoms with E-state index in [-0.39, 0.29) is 12.0 Å². The van der Waals surface area contributed by atoms with Crippen molar-refractivity contribution >= 4 is 5.91 Å². The number of hydrogen-bond acceptors (Lipinski definition) is 3. The van der Waals surface area contributed by atoms with E-state index in [1.807, 2.05) is 12.1 Å². The van der Waals surface area contributed by atoms with Gasteiger partial charge in [-0.25, -0.2) is 0 Å². The molecule has 2 atom stereocenters. The fourth-order valence-electron chi connectivity index (χ4n) is 2.50. The van der Waals surface area contributed by atoms with Crippen LogP contribution < -0.4 is 10.1 Å². The van der Waals surface area contributed by atoms with Gasteiger partial charge < -0.3 is 15.2 Å². The van der Waals surface area contributed by atoms with Gasteiger partial charge in [0.1, 0.15) is 12.4 Å². The van der Waals surface area contributed by atoms with Crippen molar-refractivity contribution in [3.05, 3.63) is 42.5 Å². The molecule has 0 bridgehead atoms. The first kappa shape index (κ1) is 14.6. The SMILES string of the molecule is C=CCOc1ccccc1C(=O)NCC1CCC(O)C1. The average molecular weight is 275 g/mol. The van der Waals surface area contributed by atoms with Crippen molar-refractivity contribution in [1.29, 1.82) is 0 Å². The number of nitrogens with one attached hydrogen (secondary N) is 1. The van der Waals surface area contributed by atoms with E-state index in [0.29, 0.717) is 30.4 Å². The van der Waals surface area contributed by atoms with E-state index in [4.69, 9.17) is 4.74 Å². The molecule has 0 spiro atoms. The molecule has 1 fully saturated rings. The number of aliphatic hydroxyl groups is 1. The summed E-state index contributed by atoms with van der Waals surface area (Å²) >= 11 is 0. The van der Waals surface area contributed by atoms with Gasteiger partial charge in [0, 0.05) is 6.54 Å². The minimum Gasteiger partial charge on any atom is -0.489 e. The van der Waals surface area contributed by atoms with Gasteiger partial charge >= 0.3 is 0 Å². The summed E-state index contributed by atoms with van der Waals surface area (Å²) in [5.41, 5.74) is 0.535. The molecule has 1 aromatic rings. The van der Waals surface area contributed by atoms with E-state index in [9.17, 15) is 9.90 Å². The first-order chi connectivity index (χ1) is 9.70. The zero-order chi connectivity index (χ0) is 14.4. The Kier molecular flexibility index (Phi) is 5.18. The Labute approximate surface area is 119 Å². The number of benzene rings is 1. The van der Waals surface area contributed by atoms with E-state index in [0.717, 1.165) is 19.3 Å². The lowest BCUT2D eigenvalue weighted by molar-refractivity contribution is 0.0941. The van der Waals surface area contributed by atoms with Crippen LogP contribution >= 0.6 is 0 Å². The van der Waals surface area contributed by atoms with Crippen LogP contribution in [0.4, 0.5) is 0 Å². The molecule has 2 rings (SSSR count). The quantitative estimate of drug-likeness (QED) is 0.782. The minimum atomic E-state index is -0.208. The van der Waals surface area contributed by atoms with Crippen LogP contribution in [-0.4, -0.2) is 30.3 Å². The summed E-state index contributed by atoms with van der Waals surface area (Å²) in [5.74, 6) is 0.803. The maximum Gasteiger partial charge on any atom is 0.255 e. The Hall–Kier alpha value is -1.81. The molecule has 2 unspecified atom stereocenters. The molecule has 4 nitrogen and oxygen atoms in total. The predicted octanol–water partition coefficient (Wildman–Crippen LogP) is 2.14. The lowest BCUT2D eigenvalue weighted by atomic mass is 10.1. The zero-order valence-corrected chi connectivity index (χ0v) is 11.5. The maximum absolute atomic E-state index is 12.2. The van der Waals surface area contributed by atoms with E-state index in [1.165, 1.54) is 0 Å². The number of aliphatic hydroxyl groups excluding tert-OH is 1. The molecule has 0 heterocycles. The summed E-state index contributed by atoms with van der Waals surface area (Å²) in [4.78, 5) is 12.2. The first-order valence-corrected chi connectivity index (χ1v) is 6.99. The van der Waals surface area contributed by atoms with Crippen molar-refractivity contribution in [1.82, 2.24) is 5.32 Å². The molecule has 1 saturated carbocycles. The molecule has 1 aliphatic rings. The standard InChI is InChI=1S/C16H21NO3/c1-2-9-20-15-6-4-3-5-14(15)16(19)17-11-12-7-8-13(18)10-12/h2-6,12-13,18H,1,7-11H2,(H,17,19). The second kappa shape index (κ2) is 7.10. The lowest BCUT2D eigenvalue weighted by Crippen LogP contribution is -2.29. The number of hydrogen-bond donors (Lipinski definition) is 2. The van der Waals surface area contributed by atoms with Gasteiger partial charge in [-0.15, -0.1) is 0 Å². The number of carbonyl (C=O) groups excluding carboxylic acids is 1. The van der Waals surface area contributed by atoms with Crippen LogP contribution in [0.25, 0.3) is 0 Å². The molecule has 0 radical (unpaired) electrons. The Balaban J connectivity index is 1.93. The monoisotopic (exact) mass is 275 g/mol.